The zero-order chi connectivity index (χ0) is 21.8. The predicted octanol–water partition coefficient (Wildman–Crippen LogP) is 4.55. The van der Waals surface area contributed by atoms with E-state index in [1.165, 1.54) is 23.8 Å². The van der Waals surface area contributed by atoms with Crippen molar-refractivity contribution in [3.63, 3.8) is 0 Å². The highest BCUT2D eigenvalue weighted by atomic mass is 32.1. The summed E-state index contributed by atoms with van der Waals surface area (Å²) < 4.78 is 26.4. The summed E-state index contributed by atoms with van der Waals surface area (Å²) in [5.41, 5.74) is 0.844. The molecule has 0 aliphatic rings. The van der Waals surface area contributed by atoms with E-state index >= 15 is 0 Å². The van der Waals surface area contributed by atoms with E-state index < -0.39 is 17.7 Å². The molecule has 0 N–H and O–H groups in total. The van der Waals surface area contributed by atoms with Crippen LogP contribution in [-0.4, -0.2) is 23.6 Å². The van der Waals surface area contributed by atoms with Gasteiger partial charge in [-0.3, -0.25) is 9.59 Å². The van der Waals surface area contributed by atoms with E-state index in [0.717, 1.165) is 11.3 Å². The summed E-state index contributed by atoms with van der Waals surface area (Å²) in [6.45, 7) is -0.156. The van der Waals surface area contributed by atoms with Crippen LogP contribution >= 0.6 is 11.3 Å². The SMILES string of the molecule is COC(=O)Cn1c(=NC(=O)c2ccccc2Oc2ccccc2)sc2cc(F)ccc21. The molecular weight excluding hydrogens is 419 g/mol. The van der Waals surface area contributed by atoms with Crippen LogP contribution in [0.5, 0.6) is 11.5 Å². The normalized spacial score (nSPS) is 11.5. The van der Waals surface area contributed by atoms with E-state index in [4.69, 9.17) is 9.47 Å². The average Bonchev–Trinajstić information content (AvgIpc) is 3.10. The lowest BCUT2D eigenvalue weighted by Crippen LogP contribution is -2.22. The molecule has 1 aromatic heterocycles. The lowest BCUT2D eigenvalue weighted by atomic mass is 10.2. The number of aromatic nitrogens is 1. The third kappa shape index (κ3) is 4.54. The van der Waals surface area contributed by atoms with E-state index in [0.29, 0.717) is 21.7 Å². The minimum atomic E-state index is -0.544. The Balaban J connectivity index is 1.78. The molecule has 0 radical (unpaired) electrons. The van der Waals surface area contributed by atoms with Gasteiger partial charge in [0.1, 0.15) is 23.9 Å². The summed E-state index contributed by atoms with van der Waals surface area (Å²) in [6.07, 6.45) is 0. The van der Waals surface area contributed by atoms with Crippen LogP contribution in [0.2, 0.25) is 0 Å². The number of rotatable bonds is 5. The number of fused-ring (bicyclic) bond motifs is 1. The van der Waals surface area contributed by atoms with Crippen molar-refractivity contribution in [3.8, 4) is 11.5 Å². The van der Waals surface area contributed by atoms with Crippen LogP contribution in [0.3, 0.4) is 0 Å². The lowest BCUT2D eigenvalue weighted by Gasteiger charge is -2.08. The number of thiazole rings is 1. The van der Waals surface area contributed by atoms with Crippen LogP contribution in [0.25, 0.3) is 10.2 Å². The maximum Gasteiger partial charge on any atom is 0.325 e. The fraction of sp³-hybridized carbons (Fsp3) is 0.0870. The largest absolute Gasteiger partial charge is 0.468 e. The second kappa shape index (κ2) is 8.93. The lowest BCUT2D eigenvalue weighted by molar-refractivity contribution is -0.141. The van der Waals surface area contributed by atoms with Gasteiger partial charge >= 0.3 is 5.97 Å². The zero-order valence-corrected chi connectivity index (χ0v) is 17.3. The monoisotopic (exact) mass is 436 g/mol. The molecule has 0 unspecified atom stereocenters. The van der Waals surface area contributed by atoms with Crippen LogP contribution in [0.4, 0.5) is 4.39 Å². The van der Waals surface area contributed by atoms with Gasteiger partial charge in [-0.25, -0.2) is 4.39 Å². The average molecular weight is 436 g/mol. The van der Waals surface area contributed by atoms with E-state index in [2.05, 4.69) is 4.99 Å². The number of carbonyl (C=O) groups is 2. The number of methoxy groups -OCH3 is 1. The molecule has 1 amide bonds. The van der Waals surface area contributed by atoms with Crippen molar-refractivity contribution in [2.24, 2.45) is 4.99 Å². The van der Waals surface area contributed by atoms with Crippen molar-refractivity contribution < 1.29 is 23.5 Å². The number of hydrogen-bond donors (Lipinski definition) is 0. The van der Waals surface area contributed by atoms with Gasteiger partial charge in [0, 0.05) is 0 Å². The Labute approximate surface area is 180 Å². The Morgan fingerprint density at radius 3 is 2.55 bits per heavy atom. The second-order valence-corrected chi connectivity index (χ2v) is 7.50. The summed E-state index contributed by atoms with van der Waals surface area (Å²) in [4.78, 5) is 29.4. The third-order valence-electron chi connectivity index (χ3n) is 4.45. The molecule has 156 valence electrons. The van der Waals surface area contributed by atoms with Crippen molar-refractivity contribution in [2.75, 3.05) is 7.11 Å². The number of halogens is 1. The molecule has 0 atom stereocenters. The minimum Gasteiger partial charge on any atom is -0.468 e. The molecule has 0 bridgehead atoms. The molecule has 0 aliphatic carbocycles. The fourth-order valence-corrected chi connectivity index (χ4v) is 4.03. The van der Waals surface area contributed by atoms with E-state index in [-0.39, 0.29) is 16.9 Å². The molecule has 8 heteroatoms. The van der Waals surface area contributed by atoms with Gasteiger partial charge in [-0.05, 0) is 42.5 Å². The molecule has 3 aromatic carbocycles. The molecule has 0 spiro atoms. The van der Waals surface area contributed by atoms with E-state index in [1.54, 1.807) is 42.5 Å². The van der Waals surface area contributed by atoms with Gasteiger partial charge in [-0.15, -0.1) is 0 Å². The Morgan fingerprint density at radius 1 is 1.03 bits per heavy atom. The molecule has 6 nitrogen and oxygen atoms in total. The van der Waals surface area contributed by atoms with Crippen molar-refractivity contribution in [3.05, 3.63) is 89.0 Å². The number of benzene rings is 3. The van der Waals surface area contributed by atoms with Crippen molar-refractivity contribution >= 4 is 33.4 Å². The van der Waals surface area contributed by atoms with Crippen molar-refractivity contribution in [1.82, 2.24) is 4.57 Å². The smallest absolute Gasteiger partial charge is 0.325 e. The van der Waals surface area contributed by atoms with Crippen LogP contribution in [0.15, 0.2) is 77.8 Å². The molecule has 0 saturated carbocycles. The van der Waals surface area contributed by atoms with Gasteiger partial charge in [-0.1, -0.05) is 41.7 Å². The Kier molecular flexibility index (Phi) is 5.90. The van der Waals surface area contributed by atoms with Crippen LogP contribution in [0.1, 0.15) is 10.4 Å². The third-order valence-corrected chi connectivity index (χ3v) is 5.49. The van der Waals surface area contributed by atoms with Gasteiger partial charge in [-0.2, -0.15) is 4.99 Å². The van der Waals surface area contributed by atoms with E-state index in [9.17, 15) is 14.0 Å². The number of nitrogens with zero attached hydrogens (tertiary/aromatic N) is 2. The Hall–Kier alpha value is -3.78. The summed E-state index contributed by atoms with van der Waals surface area (Å²) in [7, 11) is 1.27. The van der Waals surface area contributed by atoms with Crippen molar-refractivity contribution in [1.29, 1.82) is 0 Å². The second-order valence-electron chi connectivity index (χ2n) is 6.49. The topological polar surface area (TPSA) is 69.9 Å². The highest BCUT2D eigenvalue weighted by molar-refractivity contribution is 7.16. The molecular formula is C23H17FN2O4S. The zero-order valence-electron chi connectivity index (χ0n) is 16.4. The van der Waals surface area contributed by atoms with E-state index in [1.807, 2.05) is 18.2 Å². The van der Waals surface area contributed by atoms with Crippen LogP contribution < -0.4 is 9.54 Å². The highest BCUT2D eigenvalue weighted by Gasteiger charge is 2.16. The first-order valence-electron chi connectivity index (χ1n) is 9.32. The summed E-state index contributed by atoms with van der Waals surface area (Å²) in [5, 5.41) is 0. The molecule has 4 aromatic rings. The summed E-state index contributed by atoms with van der Waals surface area (Å²) in [5.74, 6) is -0.531. The number of esters is 1. The number of para-hydroxylation sites is 2. The first-order valence-corrected chi connectivity index (χ1v) is 10.1. The summed E-state index contributed by atoms with van der Waals surface area (Å²) in [6, 6.07) is 20.0. The maximum absolute atomic E-state index is 13.7. The maximum atomic E-state index is 13.7. The predicted molar refractivity (Wildman–Crippen MR) is 115 cm³/mol. The number of carbonyl (C=O) groups excluding carboxylic acids is 2. The van der Waals surface area contributed by atoms with Gasteiger partial charge in [0.2, 0.25) is 0 Å². The van der Waals surface area contributed by atoms with Crippen LogP contribution in [0, 0.1) is 5.82 Å². The quantitative estimate of drug-likeness (QED) is 0.431. The fourth-order valence-electron chi connectivity index (χ4n) is 2.97. The standard InChI is InChI=1S/C23H17FN2O4S/c1-29-21(27)14-26-18-12-11-15(24)13-20(18)31-23(26)25-22(28)17-9-5-6-10-19(17)30-16-7-3-2-4-8-16/h2-13H,14H2,1H3. The molecule has 1 heterocycles. The first kappa shape index (κ1) is 20.5. The summed E-state index contributed by atoms with van der Waals surface area (Å²) >= 11 is 1.11. The Bertz CT molecular complexity index is 1330. The number of amides is 1. The minimum absolute atomic E-state index is 0.156. The highest BCUT2D eigenvalue weighted by Crippen LogP contribution is 2.26. The first-order chi connectivity index (χ1) is 15.0. The molecule has 0 saturated heterocycles. The molecule has 0 aliphatic heterocycles. The Morgan fingerprint density at radius 2 is 1.77 bits per heavy atom. The molecule has 4 rings (SSSR count). The number of hydrogen-bond acceptors (Lipinski definition) is 5. The molecule has 31 heavy (non-hydrogen) atoms. The molecule has 0 fully saturated rings. The van der Waals surface area contributed by atoms with Gasteiger partial charge in [0.15, 0.2) is 4.80 Å². The van der Waals surface area contributed by atoms with Gasteiger partial charge < -0.3 is 14.0 Å². The van der Waals surface area contributed by atoms with Gasteiger partial charge in [0.25, 0.3) is 5.91 Å². The van der Waals surface area contributed by atoms with Gasteiger partial charge in [0.05, 0.1) is 22.9 Å². The van der Waals surface area contributed by atoms with Crippen molar-refractivity contribution in [2.45, 2.75) is 6.54 Å². The van der Waals surface area contributed by atoms with Crippen LogP contribution in [-0.2, 0) is 16.1 Å². The number of ether oxygens (including phenoxy) is 2.